The molecule has 2 fully saturated rings. The number of aryl methyl sites for hydroxylation is 2. The number of piperidine rings is 1. The first-order valence-corrected chi connectivity index (χ1v) is 20.3. The molecule has 17 heteroatoms. The topological polar surface area (TPSA) is 156 Å². The molecule has 3 amide bonds. The van der Waals surface area contributed by atoms with Gasteiger partial charge in [-0.2, -0.15) is 5.10 Å². The second kappa shape index (κ2) is 17.1. The third-order valence-electron chi connectivity index (χ3n) is 11.5. The molecule has 3 aliphatic rings. The van der Waals surface area contributed by atoms with Crippen LogP contribution in [0.15, 0.2) is 48.7 Å². The van der Waals surface area contributed by atoms with Gasteiger partial charge >= 0.3 is 0 Å². The van der Waals surface area contributed by atoms with Gasteiger partial charge in [-0.3, -0.25) is 34.9 Å². The Hall–Kier alpha value is -6.41. The summed E-state index contributed by atoms with van der Waals surface area (Å²) in [4.78, 5) is 55.6. The number of anilines is 3. The largest absolute Gasteiger partial charge is 0.477 e. The van der Waals surface area contributed by atoms with Gasteiger partial charge in [0.05, 0.1) is 41.0 Å². The Morgan fingerprint density at radius 2 is 1.83 bits per heavy atom. The number of nitrogens with one attached hydrogen (secondary N) is 3. The number of benzene rings is 2. The molecule has 0 saturated carbocycles. The van der Waals surface area contributed by atoms with Crippen LogP contribution in [0.1, 0.15) is 60.1 Å². The van der Waals surface area contributed by atoms with Gasteiger partial charge < -0.3 is 24.4 Å². The number of carbonyl (C=O) groups excluding carboxylic acids is 3. The lowest BCUT2D eigenvalue weighted by molar-refractivity contribution is -0.134. The van der Waals surface area contributed by atoms with Crippen LogP contribution in [0, 0.1) is 31.0 Å². The molecule has 6 heterocycles. The van der Waals surface area contributed by atoms with Crippen LogP contribution >= 0.6 is 0 Å². The van der Waals surface area contributed by atoms with Gasteiger partial charge in [0.15, 0.2) is 0 Å². The average molecular weight is 820 g/mol. The summed E-state index contributed by atoms with van der Waals surface area (Å²) in [6.45, 7) is 16.1. The number of pyridine rings is 1. The Balaban J connectivity index is 0.983. The SMILES string of the molecule is [C-]#[N+]C[C@H]1CN(CCNc2cc(F)c([C@H]3CCC(=O)NC3=O)c(F)c2)CCN1c1ccc2nc3n(c2c1)C[C@H](C)CCCOc1c(cnn1C)-c1cc(cc(C)n1)C(=O)N3. The summed E-state index contributed by atoms with van der Waals surface area (Å²) in [6.07, 6.45) is 3.46. The fourth-order valence-electron chi connectivity index (χ4n) is 8.53. The number of ether oxygens (including phenoxy) is 1. The summed E-state index contributed by atoms with van der Waals surface area (Å²) >= 11 is 0. The average Bonchev–Trinajstić information content (AvgIpc) is 3.74. The van der Waals surface area contributed by atoms with E-state index in [2.05, 4.69) is 53.3 Å². The van der Waals surface area contributed by atoms with Crippen LogP contribution in [0.25, 0.3) is 27.1 Å². The van der Waals surface area contributed by atoms with Crippen molar-refractivity contribution in [3.05, 3.63) is 88.5 Å². The van der Waals surface area contributed by atoms with Crippen molar-refractivity contribution < 1.29 is 27.9 Å². The molecule has 2 bridgehead atoms. The molecule has 3 aliphatic heterocycles. The number of hydrogen-bond acceptors (Lipinski definition) is 10. The van der Waals surface area contributed by atoms with Crippen molar-refractivity contribution in [1.82, 2.24) is 34.5 Å². The van der Waals surface area contributed by atoms with Crippen LogP contribution in [0.3, 0.4) is 0 Å². The number of fused-ring (bicyclic) bond motifs is 7. The van der Waals surface area contributed by atoms with E-state index < -0.39 is 29.4 Å². The number of nitrogens with zero attached hydrogens (tertiary/aromatic N) is 8. The van der Waals surface area contributed by atoms with E-state index in [1.54, 1.807) is 23.0 Å². The Kier molecular flexibility index (Phi) is 11.5. The maximum Gasteiger partial charge on any atom is 0.258 e. The zero-order valence-corrected chi connectivity index (χ0v) is 33.8. The van der Waals surface area contributed by atoms with Gasteiger partial charge in [-0.1, -0.05) is 6.92 Å². The normalized spacial score (nSPS) is 20.2. The molecule has 312 valence electrons. The third kappa shape index (κ3) is 8.37. The number of piperazine rings is 1. The molecule has 0 unspecified atom stereocenters. The van der Waals surface area contributed by atoms with Crippen LogP contribution in [0.4, 0.5) is 26.1 Å². The summed E-state index contributed by atoms with van der Waals surface area (Å²) in [5.41, 5.74) is 4.91. The summed E-state index contributed by atoms with van der Waals surface area (Å²) in [5.74, 6) is -2.92. The number of imide groups is 1. The number of halogens is 2. The zero-order valence-electron chi connectivity index (χ0n) is 33.8. The van der Waals surface area contributed by atoms with E-state index in [0.29, 0.717) is 74.7 Å². The fourth-order valence-corrected chi connectivity index (χ4v) is 8.53. The fraction of sp³-hybridized carbons (Fsp3) is 0.419. The van der Waals surface area contributed by atoms with Gasteiger partial charge in [0.1, 0.15) is 17.7 Å². The molecule has 2 aromatic carbocycles. The van der Waals surface area contributed by atoms with E-state index in [-0.39, 0.29) is 48.5 Å². The summed E-state index contributed by atoms with van der Waals surface area (Å²) in [7, 11) is 1.82. The first-order chi connectivity index (χ1) is 28.9. The third-order valence-corrected chi connectivity index (χ3v) is 11.5. The molecule has 3 N–H and O–H groups in total. The van der Waals surface area contributed by atoms with Crippen molar-refractivity contribution in [2.75, 3.05) is 61.4 Å². The molecule has 5 aromatic rings. The molecule has 0 radical (unpaired) electrons. The predicted molar refractivity (Wildman–Crippen MR) is 222 cm³/mol. The lowest BCUT2D eigenvalue weighted by Gasteiger charge is -2.40. The van der Waals surface area contributed by atoms with Crippen LogP contribution in [0.5, 0.6) is 5.88 Å². The van der Waals surface area contributed by atoms with Gasteiger partial charge in [-0.15, -0.1) is 0 Å². The van der Waals surface area contributed by atoms with Crippen LogP contribution in [-0.2, 0) is 23.2 Å². The summed E-state index contributed by atoms with van der Waals surface area (Å²) in [6, 6.07) is 11.8. The molecule has 0 aliphatic carbocycles. The van der Waals surface area contributed by atoms with Gasteiger partial charge in [-0.05, 0) is 74.6 Å². The van der Waals surface area contributed by atoms with E-state index >= 15 is 8.78 Å². The maximum atomic E-state index is 15.1. The highest BCUT2D eigenvalue weighted by molar-refractivity contribution is 6.05. The number of carbonyl (C=O) groups is 3. The second-order valence-corrected chi connectivity index (χ2v) is 15.9. The standard InChI is InChI=1S/C43H47F2N11O4/c1-25-6-5-15-60-42-32(22-48-53(42)4)36-17-27(16-26(2)49-36)40(58)52-43-50-35-9-7-29(20-37(35)56(43)23-25)55-14-13-54(24-30(55)21-46-3)12-11-47-28-18-33(44)39(34(45)19-28)31-8-10-38(57)51-41(31)59/h7,9,16-20,22,25,30-31,47H,5-6,8,10-15,21,23-24H2,1-2,4H3,(H,50,52,58)(H,51,57,59)/t25-,30+,31-/m1/s1. The molecule has 15 nitrogen and oxygen atoms in total. The smallest absolute Gasteiger partial charge is 0.258 e. The van der Waals surface area contributed by atoms with Crippen LogP contribution < -0.4 is 25.6 Å². The van der Waals surface area contributed by atoms with Crippen LogP contribution in [0.2, 0.25) is 0 Å². The Labute approximate surface area is 345 Å². The molecule has 8 rings (SSSR count). The highest BCUT2D eigenvalue weighted by Gasteiger charge is 2.33. The Morgan fingerprint density at radius 3 is 2.62 bits per heavy atom. The number of hydrogen-bond donors (Lipinski definition) is 3. The lowest BCUT2D eigenvalue weighted by atomic mass is 9.89. The van der Waals surface area contributed by atoms with Gasteiger partial charge in [0, 0.05) is 80.9 Å². The number of amides is 3. The van der Waals surface area contributed by atoms with Crippen molar-refractivity contribution in [1.29, 1.82) is 0 Å². The van der Waals surface area contributed by atoms with Crippen molar-refractivity contribution in [2.24, 2.45) is 13.0 Å². The Bertz CT molecular complexity index is 2490. The Morgan fingerprint density at radius 1 is 1.02 bits per heavy atom. The highest BCUT2D eigenvalue weighted by Crippen LogP contribution is 2.34. The highest BCUT2D eigenvalue weighted by atomic mass is 19.1. The molecule has 0 spiro atoms. The lowest BCUT2D eigenvalue weighted by Crippen LogP contribution is -2.55. The van der Waals surface area contributed by atoms with Gasteiger partial charge in [0.25, 0.3) is 5.91 Å². The quantitative estimate of drug-likeness (QED) is 0.141. The van der Waals surface area contributed by atoms with E-state index in [0.717, 1.165) is 35.1 Å². The van der Waals surface area contributed by atoms with Crippen molar-refractivity contribution in [3.63, 3.8) is 0 Å². The molecule has 60 heavy (non-hydrogen) atoms. The zero-order chi connectivity index (χ0) is 42.1. The number of aromatic nitrogens is 5. The minimum Gasteiger partial charge on any atom is -0.477 e. The number of rotatable bonds is 7. The first-order valence-electron chi connectivity index (χ1n) is 20.3. The molecule has 3 aromatic heterocycles. The summed E-state index contributed by atoms with van der Waals surface area (Å²) < 4.78 is 40.2. The van der Waals surface area contributed by atoms with E-state index in [1.807, 2.05) is 26.1 Å². The second-order valence-electron chi connectivity index (χ2n) is 15.9. The van der Waals surface area contributed by atoms with Crippen molar-refractivity contribution in [2.45, 2.75) is 58.0 Å². The van der Waals surface area contributed by atoms with E-state index in [9.17, 15) is 14.4 Å². The predicted octanol–water partition coefficient (Wildman–Crippen LogP) is 5.52. The van der Waals surface area contributed by atoms with E-state index in [4.69, 9.17) is 21.3 Å². The molecular formula is C43H47F2N11O4. The summed E-state index contributed by atoms with van der Waals surface area (Å²) in [5, 5.41) is 12.8. The van der Waals surface area contributed by atoms with Crippen molar-refractivity contribution in [3.8, 4) is 17.1 Å². The minimum atomic E-state index is -1.06. The minimum absolute atomic E-state index is 0.0237. The van der Waals surface area contributed by atoms with E-state index in [1.165, 1.54) is 12.1 Å². The van der Waals surface area contributed by atoms with Gasteiger partial charge in [-0.25, -0.2) is 25.0 Å². The first kappa shape index (κ1) is 40.4. The van der Waals surface area contributed by atoms with Crippen LogP contribution in [-0.4, -0.2) is 98.9 Å². The maximum absolute atomic E-state index is 15.1. The molecular weight excluding hydrogens is 773 g/mol. The molecule has 2 saturated heterocycles. The molecule has 3 atom stereocenters. The van der Waals surface area contributed by atoms with Gasteiger partial charge in [0.2, 0.25) is 30.2 Å². The monoisotopic (exact) mass is 819 g/mol. The number of imidazole rings is 1. The van der Waals surface area contributed by atoms with Crippen molar-refractivity contribution >= 4 is 46.1 Å².